The van der Waals surface area contributed by atoms with E-state index in [4.69, 9.17) is 5.11 Å². The van der Waals surface area contributed by atoms with Crippen molar-refractivity contribution in [3.05, 3.63) is 35.6 Å². The number of carbonyl (C=O) groups excluding carboxylic acids is 1. The largest absolute Gasteiger partial charge is 0.480 e. The number of carbonyl (C=O) groups is 2. The number of hydrogen-bond donors (Lipinski definition) is 1. The highest BCUT2D eigenvalue weighted by molar-refractivity contribution is 5.88. The normalized spacial score (nSPS) is 20.3. The second kappa shape index (κ2) is 5.38. The van der Waals surface area contributed by atoms with Gasteiger partial charge in [-0.1, -0.05) is 18.2 Å². The maximum Gasteiger partial charge on any atom is 0.326 e. The van der Waals surface area contributed by atoms with Crippen molar-refractivity contribution in [2.45, 2.75) is 31.7 Å². The van der Waals surface area contributed by atoms with E-state index in [9.17, 15) is 14.0 Å². The quantitative estimate of drug-likeness (QED) is 0.909. The van der Waals surface area contributed by atoms with Gasteiger partial charge in [-0.3, -0.25) is 4.79 Å². The van der Waals surface area contributed by atoms with E-state index >= 15 is 0 Å². The third-order valence-electron chi connectivity index (χ3n) is 3.56. The zero-order valence-electron chi connectivity index (χ0n) is 10.7. The Balaban J connectivity index is 2.20. The number of likely N-dealkylation sites (tertiary alicyclic amines) is 1. The van der Waals surface area contributed by atoms with Crippen molar-refractivity contribution in [3.63, 3.8) is 0 Å². The third kappa shape index (κ3) is 2.59. The number of benzene rings is 1. The second-order valence-electron chi connectivity index (χ2n) is 4.77. The minimum Gasteiger partial charge on any atom is -0.480 e. The highest BCUT2D eigenvalue weighted by atomic mass is 19.1. The summed E-state index contributed by atoms with van der Waals surface area (Å²) in [5.41, 5.74) is 0.309. The maximum atomic E-state index is 13.7. The lowest BCUT2D eigenvalue weighted by Crippen LogP contribution is -2.42. The van der Waals surface area contributed by atoms with Gasteiger partial charge >= 0.3 is 5.97 Å². The lowest BCUT2D eigenvalue weighted by molar-refractivity contribution is -0.148. The van der Waals surface area contributed by atoms with Crippen LogP contribution in [-0.2, 0) is 9.59 Å². The van der Waals surface area contributed by atoms with Crippen molar-refractivity contribution in [1.82, 2.24) is 4.90 Å². The van der Waals surface area contributed by atoms with E-state index in [2.05, 4.69) is 0 Å². The Bertz CT molecular complexity index is 503. The van der Waals surface area contributed by atoms with Crippen molar-refractivity contribution < 1.29 is 19.1 Å². The number of nitrogens with zero attached hydrogens (tertiary/aromatic N) is 1. The van der Waals surface area contributed by atoms with Gasteiger partial charge in [-0.2, -0.15) is 0 Å². The molecule has 1 amide bonds. The van der Waals surface area contributed by atoms with Crippen LogP contribution in [0.5, 0.6) is 0 Å². The Morgan fingerprint density at radius 2 is 2.11 bits per heavy atom. The summed E-state index contributed by atoms with van der Waals surface area (Å²) in [6.45, 7) is 2.03. The molecule has 19 heavy (non-hydrogen) atoms. The number of rotatable bonds is 3. The first kappa shape index (κ1) is 13.5. The van der Waals surface area contributed by atoms with Gasteiger partial charge in [0.25, 0.3) is 0 Å². The Morgan fingerprint density at radius 3 is 2.74 bits per heavy atom. The summed E-state index contributed by atoms with van der Waals surface area (Å²) in [7, 11) is 0. The number of aliphatic carboxylic acids is 1. The Kier molecular flexibility index (Phi) is 3.83. The molecule has 0 saturated carbocycles. The number of carboxylic acids is 1. The molecule has 1 aliphatic heterocycles. The number of halogens is 1. The van der Waals surface area contributed by atoms with E-state index in [0.717, 1.165) is 0 Å². The molecule has 0 radical (unpaired) electrons. The van der Waals surface area contributed by atoms with E-state index in [1.54, 1.807) is 25.1 Å². The monoisotopic (exact) mass is 265 g/mol. The summed E-state index contributed by atoms with van der Waals surface area (Å²) in [6, 6.07) is 5.32. The van der Waals surface area contributed by atoms with Gasteiger partial charge in [0.2, 0.25) is 5.91 Å². The van der Waals surface area contributed by atoms with Crippen molar-refractivity contribution in [2.75, 3.05) is 6.54 Å². The van der Waals surface area contributed by atoms with Gasteiger partial charge in [0, 0.05) is 6.54 Å². The first-order valence-electron chi connectivity index (χ1n) is 6.30. The van der Waals surface area contributed by atoms with Crippen LogP contribution >= 0.6 is 0 Å². The van der Waals surface area contributed by atoms with E-state index in [1.165, 1.54) is 11.0 Å². The lowest BCUT2D eigenvalue weighted by atomic mass is 9.99. The van der Waals surface area contributed by atoms with E-state index in [-0.39, 0.29) is 5.91 Å². The van der Waals surface area contributed by atoms with Gasteiger partial charge < -0.3 is 10.0 Å². The predicted octanol–water partition coefficient (Wildman–Crippen LogP) is 2.00. The number of carboxylic acid groups (broad SMARTS) is 1. The van der Waals surface area contributed by atoms with Gasteiger partial charge in [-0.05, 0) is 31.4 Å². The summed E-state index contributed by atoms with van der Waals surface area (Å²) in [5.74, 6) is -2.42. The lowest BCUT2D eigenvalue weighted by Gasteiger charge is -2.25. The van der Waals surface area contributed by atoms with E-state index in [1.807, 2.05) is 0 Å². The van der Waals surface area contributed by atoms with Crippen LogP contribution in [0.2, 0.25) is 0 Å². The SMILES string of the molecule is C[C@@H](C(=O)N1CCC[C@H]1C(=O)O)c1ccccc1F. The van der Waals surface area contributed by atoms with Gasteiger partial charge in [-0.15, -0.1) is 0 Å². The van der Waals surface area contributed by atoms with Crippen LogP contribution < -0.4 is 0 Å². The molecule has 102 valence electrons. The van der Waals surface area contributed by atoms with E-state index < -0.39 is 23.7 Å². The fourth-order valence-electron chi connectivity index (χ4n) is 2.50. The molecule has 1 aromatic carbocycles. The van der Waals surface area contributed by atoms with Crippen LogP contribution in [0.1, 0.15) is 31.2 Å². The van der Waals surface area contributed by atoms with Crippen LogP contribution in [0, 0.1) is 5.82 Å². The fraction of sp³-hybridized carbons (Fsp3) is 0.429. The molecule has 1 N–H and O–H groups in total. The van der Waals surface area contributed by atoms with Crippen LogP contribution in [0.3, 0.4) is 0 Å². The minimum absolute atomic E-state index is 0.309. The molecule has 0 unspecified atom stereocenters. The summed E-state index contributed by atoms with van der Waals surface area (Å²) >= 11 is 0. The molecule has 4 nitrogen and oxygen atoms in total. The average molecular weight is 265 g/mol. The average Bonchev–Trinajstić information content (AvgIpc) is 2.87. The zero-order valence-corrected chi connectivity index (χ0v) is 10.7. The van der Waals surface area contributed by atoms with Gasteiger partial charge in [0.1, 0.15) is 11.9 Å². The summed E-state index contributed by atoms with van der Waals surface area (Å²) < 4.78 is 13.7. The fourth-order valence-corrected chi connectivity index (χ4v) is 2.50. The topological polar surface area (TPSA) is 57.6 Å². The third-order valence-corrected chi connectivity index (χ3v) is 3.56. The van der Waals surface area contributed by atoms with Crippen molar-refractivity contribution in [3.8, 4) is 0 Å². The molecule has 1 aromatic rings. The van der Waals surface area contributed by atoms with Crippen molar-refractivity contribution >= 4 is 11.9 Å². The molecule has 0 spiro atoms. The Hall–Kier alpha value is -1.91. The second-order valence-corrected chi connectivity index (χ2v) is 4.77. The van der Waals surface area contributed by atoms with Gasteiger partial charge in [0.15, 0.2) is 0 Å². The van der Waals surface area contributed by atoms with Crippen LogP contribution in [-0.4, -0.2) is 34.5 Å². The number of hydrogen-bond acceptors (Lipinski definition) is 2. The maximum absolute atomic E-state index is 13.7. The summed E-state index contributed by atoms with van der Waals surface area (Å²) in [4.78, 5) is 24.7. The first-order chi connectivity index (χ1) is 9.02. The first-order valence-corrected chi connectivity index (χ1v) is 6.30. The summed E-state index contributed by atoms with van der Waals surface area (Å²) in [5, 5.41) is 9.07. The predicted molar refractivity (Wildman–Crippen MR) is 67.2 cm³/mol. The highest BCUT2D eigenvalue weighted by Crippen LogP contribution is 2.26. The molecule has 1 saturated heterocycles. The summed E-state index contributed by atoms with van der Waals surface area (Å²) in [6.07, 6.45) is 1.14. The zero-order chi connectivity index (χ0) is 14.0. The molecular weight excluding hydrogens is 249 g/mol. The van der Waals surface area contributed by atoms with E-state index in [0.29, 0.717) is 24.9 Å². The van der Waals surface area contributed by atoms with Gasteiger partial charge in [0.05, 0.1) is 5.92 Å². The molecule has 0 bridgehead atoms. The van der Waals surface area contributed by atoms with Crippen LogP contribution in [0.25, 0.3) is 0 Å². The smallest absolute Gasteiger partial charge is 0.326 e. The van der Waals surface area contributed by atoms with Crippen LogP contribution in [0.4, 0.5) is 4.39 Å². The molecule has 1 fully saturated rings. The molecule has 5 heteroatoms. The molecule has 2 atom stereocenters. The Labute approximate surface area is 110 Å². The Morgan fingerprint density at radius 1 is 1.42 bits per heavy atom. The molecule has 0 aliphatic carbocycles. The van der Waals surface area contributed by atoms with Crippen molar-refractivity contribution in [1.29, 1.82) is 0 Å². The highest BCUT2D eigenvalue weighted by Gasteiger charge is 2.36. The molecule has 1 aliphatic rings. The molecule has 2 rings (SSSR count). The van der Waals surface area contributed by atoms with Crippen molar-refractivity contribution in [2.24, 2.45) is 0 Å². The minimum atomic E-state index is -0.994. The molecule has 0 aromatic heterocycles. The van der Waals surface area contributed by atoms with Gasteiger partial charge in [-0.25, -0.2) is 9.18 Å². The standard InChI is InChI=1S/C14H16FNO3/c1-9(10-5-2-3-6-11(10)15)13(17)16-8-4-7-12(16)14(18)19/h2-3,5-6,9,12H,4,7-8H2,1H3,(H,18,19)/t9-,12+/m1/s1. The molecule has 1 heterocycles. The van der Waals surface area contributed by atoms with Crippen LogP contribution in [0.15, 0.2) is 24.3 Å². The molecular formula is C14H16FNO3. The number of amides is 1.